The van der Waals surface area contributed by atoms with E-state index in [1.165, 1.54) is 18.3 Å². The summed E-state index contributed by atoms with van der Waals surface area (Å²) in [6.45, 7) is -0.872. The van der Waals surface area contributed by atoms with Crippen molar-refractivity contribution in [3.8, 4) is 11.5 Å². The fourth-order valence-corrected chi connectivity index (χ4v) is 5.33. The topological polar surface area (TPSA) is 94.8 Å². The minimum atomic E-state index is -4.69. The molecule has 184 valence electrons. The average Bonchev–Trinajstić information content (AvgIpc) is 3.16. The second-order valence-electron chi connectivity index (χ2n) is 8.95. The van der Waals surface area contributed by atoms with Crippen molar-refractivity contribution >= 4 is 29.1 Å². The minimum absolute atomic E-state index is 0.0932. The van der Waals surface area contributed by atoms with Gasteiger partial charge in [-0.15, -0.1) is 13.2 Å². The van der Waals surface area contributed by atoms with Gasteiger partial charge in [-0.2, -0.15) is 5.10 Å². The number of rotatable bonds is 7. The zero-order valence-corrected chi connectivity index (χ0v) is 19.1. The molecular formula is C21H20Cl2F3N3O5. The summed E-state index contributed by atoms with van der Waals surface area (Å²) in [5.41, 5.74) is -0.151. The maximum Gasteiger partial charge on any atom is 0.522 e. The molecule has 0 unspecified atom stereocenters. The first-order valence-corrected chi connectivity index (χ1v) is 11.3. The quantitative estimate of drug-likeness (QED) is 0.539. The van der Waals surface area contributed by atoms with Crippen molar-refractivity contribution in [2.75, 3.05) is 13.2 Å². The molecule has 0 saturated heterocycles. The second-order valence-corrected chi connectivity index (χ2v) is 9.76. The van der Waals surface area contributed by atoms with Crippen LogP contribution in [0.3, 0.4) is 0 Å². The third-order valence-electron chi connectivity index (χ3n) is 6.46. The SMILES string of the molecule is O=C(NC12CC(n3cc(OCCOC(F)(F)F)cn3)(C1)C2)[C@H]1C[C@H](O)c2cc(Cl)c(Cl)cc2O1. The Morgan fingerprint density at radius 1 is 1.26 bits per heavy atom. The van der Waals surface area contributed by atoms with E-state index in [0.717, 1.165) is 0 Å². The van der Waals surface area contributed by atoms with Crippen LogP contribution in [0.4, 0.5) is 13.2 Å². The van der Waals surface area contributed by atoms with Gasteiger partial charge in [-0.25, -0.2) is 0 Å². The van der Waals surface area contributed by atoms with Crippen molar-refractivity contribution in [3.63, 3.8) is 0 Å². The number of aliphatic hydroxyl groups is 1. The minimum Gasteiger partial charge on any atom is -0.488 e. The van der Waals surface area contributed by atoms with E-state index in [1.54, 1.807) is 10.9 Å². The van der Waals surface area contributed by atoms with Crippen LogP contribution >= 0.6 is 23.2 Å². The van der Waals surface area contributed by atoms with Crippen LogP contribution in [0.5, 0.6) is 11.5 Å². The van der Waals surface area contributed by atoms with Crippen LogP contribution in [0.15, 0.2) is 24.5 Å². The Kier molecular flexibility index (Phi) is 5.66. The van der Waals surface area contributed by atoms with Crippen LogP contribution in [0, 0.1) is 0 Å². The van der Waals surface area contributed by atoms with Crippen LogP contribution in [-0.2, 0) is 15.1 Å². The first-order chi connectivity index (χ1) is 16.0. The monoisotopic (exact) mass is 521 g/mol. The summed E-state index contributed by atoms with van der Waals surface area (Å²) < 4.78 is 52.5. The van der Waals surface area contributed by atoms with Gasteiger partial charge in [-0.1, -0.05) is 23.2 Å². The van der Waals surface area contributed by atoms with Crippen LogP contribution in [0.1, 0.15) is 37.4 Å². The molecule has 0 spiro atoms. The Bertz CT molecular complexity index is 1110. The fourth-order valence-electron chi connectivity index (χ4n) is 5.01. The summed E-state index contributed by atoms with van der Waals surface area (Å²) in [4.78, 5) is 12.9. The number of halogens is 5. The van der Waals surface area contributed by atoms with Gasteiger partial charge < -0.3 is 19.9 Å². The Labute approximate surface area is 201 Å². The highest BCUT2D eigenvalue weighted by atomic mass is 35.5. The zero-order valence-electron chi connectivity index (χ0n) is 17.6. The number of amides is 1. The smallest absolute Gasteiger partial charge is 0.488 e. The number of carbonyl (C=O) groups is 1. The normalized spacial score (nSPS) is 29.4. The predicted octanol–water partition coefficient (Wildman–Crippen LogP) is 3.74. The summed E-state index contributed by atoms with van der Waals surface area (Å²) >= 11 is 12.0. The molecule has 2 bridgehead atoms. The van der Waals surface area contributed by atoms with Crippen molar-refractivity contribution in [1.82, 2.24) is 15.1 Å². The van der Waals surface area contributed by atoms with E-state index in [0.29, 0.717) is 41.3 Å². The second kappa shape index (κ2) is 8.18. The average molecular weight is 522 g/mol. The molecule has 2 heterocycles. The van der Waals surface area contributed by atoms with E-state index in [9.17, 15) is 23.1 Å². The van der Waals surface area contributed by atoms with Gasteiger partial charge in [0.2, 0.25) is 0 Å². The molecule has 13 heteroatoms. The van der Waals surface area contributed by atoms with Gasteiger partial charge in [0.15, 0.2) is 11.9 Å². The number of nitrogens with zero attached hydrogens (tertiary/aromatic N) is 2. The lowest BCUT2D eigenvalue weighted by Gasteiger charge is -2.70. The summed E-state index contributed by atoms with van der Waals surface area (Å²) in [7, 11) is 0. The van der Waals surface area contributed by atoms with Crippen molar-refractivity contribution < 1.29 is 37.3 Å². The van der Waals surface area contributed by atoms with E-state index >= 15 is 0 Å². The molecule has 0 radical (unpaired) electrons. The number of benzene rings is 1. The van der Waals surface area contributed by atoms with E-state index in [-0.39, 0.29) is 35.0 Å². The molecule has 2 aromatic rings. The van der Waals surface area contributed by atoms with E-state index < -0.39 is 25.2 Å². The molecule has 3 saturated carbocycles. The van der Waals surface area contributed by atoms with Crippen molar-refractivity contribution in [2.24, 2.45) is 0 Å². The highest BCUT2D eigenvalue weighted by molar-refractivity contribution is 6.42. The first-order valence-electron chi connectivity index (χ1n) is 10.5. The van der Waals surface area contributed by atoms with E-state index in [4.69, 9.17) is 32.7 Å². The largest absolute Gasteiger partial charge is 0.522 e. The molecule has 2 atom stereocenters. The molecule has 1 aromatic heterocycles. The standard InChI is InChI=1S/C21H20Cl2F3N3O5/c22-13-3-12-15(30)5-17(34-16(12)4-14(13)23)18(31)28-19-8-20(9-19,10-19)29-7-11(6-27-29)32-1-2-33-21(24,25)26/h3-4,6-7,15,17,30H,1-2,5,8-10H2,(H,28,31)/t15-,17+,19?,20?/m0/s1. The Hall–Kier alpha value is -2.21. The highest BCUT2D eigenvalue weighted by Crippen LogP contribution is 2.65. The number of ether oxygens (including phenoxy) is 3. The predicted molar refractivity (Wildman–Crippen MR) is 113 cm³/mol. The lowest BCUT2D eigenvalue weighted by atomic mass is 9.44. The maximum atomic E-state index is 12.9. The van der Waals surface area contributed by atoms with Crippen molar-refractivity contribution in [3.05, 3.63) is 40.1 Å². The van der Waals surface area contributed by atoms with Crippen LogP contribution in [0.2, 0.25) is 10.0 Å². The van der Waals surface area contributed by atoms with Crippen LogP contribution in [0.25, 0.3) is 0 Å². The van der Waals surface area contributed by atoms with Gasteiger partial charge in [0, 0.05) is 23.6 Å². The molecule has 3 fully saturated rings. The third-order valence-corrected chi connectivity index (χ3v) is 7.19. The molecule has 1 aliphatic heterocycles. The number of hydrogen-bond acceptors (Lipinski definition) is 6. The van der Waals surface area contributed by atoms with E-state index in [1.807, 2.05) is 0 Å². The van der Waals surface area contributed by atoms with Gasteiger partial charge in [-0.3, -0.25) is 14.2 Å². The van der Waals surface area contributed by atoms with Crippen LogP contribution < -0.4 is 14.8 Å². The number of aromatic nitrogens is 2. The number of nitrogens with one attached hydrogen (secondary N) is 1. The molecule has 2 N–H and O–H groups in total. The number of aliphatic hydroxyl groups excluding tert-OH is 1. The molecule has 6 rings (SSSR count). The van der Waals surface area contributed by atoms with Crippen molar-refractivity contribution in [1.29, 1.82) is 0 Å². The fraction of sp³-hybridized carbons (Fsp3) is 0.524. The summed E-state index contributed by atoms with van der Waals surface area (Å²) in [5, 5.41) is 18.3. The van der Waals surface area contributed by atoms with Gasteiger partial charge in [0.1, 0.15) is 12.4 Å². The maximum absolute atomic E-state index is 12.9. The number of hydrogen-bond donors (Lipinski definition) is 2. The summed E-state index contributed by atoms with van der Waals surface area (Å²) in [6, 6.07) is 3.03. The number of fused-ring (bicyclic) bond motifs is 1. The Morgan fingerprint density at radius 3 is 2.68 bits per heavy atom. The lowest BCUT2D eigenvalue weighted by Crippen LogP contribution is -2.79. The zero-order chi connectivity index (χ0) is 24.3. The van der Waals surface area contributed by atoms with Gasteiger partial charge in [0.25, 0.3) is 5.91 Å². The lowest BCUT2D eigenvalue weighted by molar-refractivity contribution is -0.325. The first kappa shape index (κ1) is 23.5. The molecule has 34 heavy (non-hydrogen) atoms. The molecule has 1 aromatic carbocycles. The number of alkyl halides is 3. The molecule has 8 nitrogen and oxygen atoms in total. The Balaban J connectivity index is 1.13. The molecule has 1 amide bonds. The highest BCUT2D eigenvalue weighted by Gasteiger charge is 2.70. The third kappa shape index (κ3) is 4.30. The Morgan fingerprint density at radius 2 is 1.97 bits per heavy atom. The molecular weight excluding hydrogens is 502 g/mol. The van der Waals surface area contributed by atoms with Gasteiger partial charge in [-0.05, 0) is 25.3 Å². The summed E-state index contributed by atoms with van der Waals surface area (Å²) in [6.07, 6.45) is -1.35. The van der Waals surface area contributed by atoms with Gasteiger partial charge >= 0.3 is 6.36 Å². The van der Waals surface area contributed by atoms with E-state index in [2.05, 4.69) is 15.2 Å². The van der Waals surface area contributed by atoms with Crippen molar-refractivity contribution in [2.45, 2.75) is 55.3 Å². The molecule has 3 aliphatic carbocycles. The molecule has 4 aliphatic rings. The number of carbonyl (C=O) groups excluding carboxylic acids is 1. The van der Waals surface area contributed by atoms with Crippen LogP contribution in [-0.4, -0.2) is 52.0 Å². The van der Waals surface area contributed by atoms with Gasteiger partial charge in [0.05, 0.1) is 40.7 Å². The summed E-state index contributed by atoms with van der Waals surface area (Å²) in [5.74, 6) is 0.348.